The van der Waals surface area contributed by atoms with E-state index in [0.29, 0.717) is 0 Å². The molecule has 0 aromatic carbocycles. The molecule has 0 saturated heterocycles. The molecule has 4 N–H and O–H groups in total. The first-order valence-corrected chi connectivity index (χ1v) is 8.11. The molecule has 15 heavy (non-hydrogen) atoms. The van der Waals surface area contributed by atoms with Crippen molar-refractivity contribution in [1.82, 2.24) is 10.2 Å². The van der Waals surface area contributed by atoms with Gasteiger partial charge in [-0.05, 0) is 11.2 Å². The van der Waals surface area contributed by atoms with Gasteiger partial charge in [-0.25, -0.2) is 10.2 Å². The third-order valence-corrected chi connectivity index (χ3v) is 4.21. The second-order valence-electron chi connectivity index (χ2n) is 2.59. The largest absolute Gasteiger partial charge is 0.381 e. The van der Waals surface area contributed by atoms with Crippen LogP contribution in [0.3, 0.4) is 0 Å². The summed E-state index contributed by atoms with van der Waals surface area (Å²) in [6.07, 6.45) is 0. The van der Waals surface area contributed by atoms with Crippen LogP contribution in [0.1, 0.15) is 0 Å². The fourth-order valence-electron chi connectivity index (χ4n) is 0.544. The highest BCUT2D eigenvalue weighted by molar-refractivity contribution is 9.09. The summed E-state index contributed by atoms with van der Waals surface area (Å²) in [6.45, 7) is -3.57. The predicted molar refractivity (Wildman–Crippen MR) is 68.7 cm³/mol. The molecule has 0 aliphatic heterocycles. The third kappa shape index (κ3) is 7.39. The van der Waals surface area contributed by atoms with Crippen LogP contribution in [0.25, 0.3) is 0 Å². The highest BCUT2D eigenvalue weighted by atomic mass is 79.9. The molecule has 11 heteroatoms. The van der Waals surface area contributed by atoms with E-state index < -0.39 is 28.7 Å². The van der Waals surface area contributed by atoms with Gasteiger partial charge in [0.1, 0.15) is 10.0 Å². The Bertz CT molecular complexity index is 230. The standard InChI is InChI=1S/C4H8B2Br2ClN2O3P/c5-1(3(7)12)10-15(9,14)11-2(6)4(8)13/h1-4,12-13H,(H2,10,11,14). The van der Waals surface area contributed by atoms with Crippen molar-refractivity contribution in [3.05, 3.63) is 0 Å². The van der Waals surface area contributed by atoms with E-state index in [2.05, 4.69) is 42.0 Å². The second-order valence-corrected chi connectivity index (χ2v) is 7.47. The minimum atomic E-state index is -3.57. The van der Waals surface area contributed by atoms with Gasteiger partial charge in [-0.2, -0.15) is 0 Å². The summed E-state index contributed by atoms with van der Waals surface area (Å²) in [5, 5.41) is 20.1. The van der Waals surface area contributed by atoms with Gasteiger partial charge in [0.15, 0.2) is 0 Å². The lowest BCUT2D eigenvalue weighted by Crippen LogP contribution is -2.42. The highest BCUT2D eigenvalue weighted by Crippen LogP contribution is 2.43. The average Bonchev–Trinajstić information content (AvgIpc) is 2.01. The molecule has 0 aliphatic carbocycles. The molecular formula is C4H8B2Br2ClN2O3P. The normalized spacial score (nSPS) is 23.8. The van der Waals surface area contributed by atoms with Crippen molar-refractivity contribution in [3.8, 4) is 0 Å². The smallest absolute Gasteiger partial charge is 0.298 e. The number of alkyl halides is 2. The molecule has 4 atom stereocenters. The van der Waals surface area contributed by atoms with Crippen molar-refractivity contribution in [2.24, 2.45) is 0 Å². The topological polar surface area (TPSA) is 81.6 Å². The Kier molecular flexibility index (Phi) is 7.69. The van der Waals surface area contributed by atoms with Gasteiger partial charge < -0.3 is 10.2 Å². The average molecular weight is 380 g/mol. The van der Waals surface area contributed by atoms with Crippen molar-refractivity contribution >= 4 is 65.6 Å². The van der Waals surface area contributed by atoms with Crippen LogP contribution in [-0.2, 0) is 4.57 Å². The Morgan fingerprint density at radius 1 is 1.13 bits per heavy atom. The van der Waals surface area contributed by atoms with Gasteiger partial charge in [0.05, 0.1) is 15.7 Å². The summed E-state index contributed by atoms with van der Waals surface area (Å²) in [5.74, 6) is -2.08. The van der Waals surface area contributed by atoms with Crippen LogP contribution in [0.15, 0.2) is 0 Å². The van der Waals surface area contributed by atoms with Gasteiger partial charge in [0.2, 0.25) is 0 Å². The maximum absolute atomic E-state index is 11.6. The van der Waals surface area contributed by atoms with Crippen LogP contribution in [0.5, 0.6) is 0 Å². The first-order chi connectivity index (χ1) is 6.65. The molecule has 0 aromatic heterocycles. The Balaban J connectivity index is 4.25. The van der Waals surface area contributed by atoms with Crippen LogP contribution in [0.4, 0.5) is 0 Å². The van der Waals surface area contributed by atoms with Gasteiger partial charge in [-0.1, -0.05) is 31.9 Å². The Hall–Kier alpha value is 1.45. The van der Waals surface area contributed by atoms with E-state index in [1.54, 1.807) is 0 Å². The van der Waals surface area contributed by atoms with Crippen molar-refractivity contribution in [1.29, 1.82) is 0 Å². The van der Waals surface area contributed by atoms with Gasteiger partial charge in [0, 0.05) is 11.9 Å². The number of aliphatic hydroxyl groups is 2. The second kappa shape index (κ2) is 7.01. The molecule has 4 radical (unpaired) electrons. The highest BCUT2D eigenvalue weighted by Gasteiger charge is 2.26. The molecule has 4 unspecified atom stereocenters. The van der Waals surface area contributed by atoms with Crippen molar-refractivity contribution in [2.45, 2.75) is 21.9 Å². The summed E-state index contributed by atoms with van der Waals surface area (Å²) >= 11 is 11.0. The molecular weight excluding hydrogens is 372 g/mol. The molecule has 0 aliphatic rings. The lowest BCUT2D eigenvalue weighted by atomic mass is 9.99. The molecule has 0 rings (SSSR count). The van der Waals surface area contributed by atoms with Gasteiger partial charge >= 0.3 is 0 Å². The van der Waals surface area contributed by atoms with Crippen LogP contribution in [0, 0.1) is 0 Å². The van der Waals surface area contributed by atoms with Crippen LogP contribution < -0.4 is 10.2 Å². The number of hydrogen-bond acceptors (Lipinski definition) is 3. The lowest BCUT2D eigenvalue weighted by molar-refractivity contribution is 0.255. The van der Waals surface area contributed by atoms with Gasteiger partial charge in [-0.15, -0.1) is 0 Å². The Morgan fingerprint density at radius 2 is 1.40 bits per heavy atom. The van der Waals surface area contributed by atoms with Gasteiger partial charge in [0.25, 0.3) is 6.80 Å². The maximum atomic E-state index is 11.6. The molecule has 5 nitrogen and oxygen atoms in total. The van der Waals surface area contributed by atoms with E-state index in [0.717, 1.165) is 0 Å². The van der Waals surface area contributed by atoms with Crippen molar-refractivity contribution < 1.29 is 14.8 Å². The fourth-order valence-corrected chi connectivity index (χ4v) is 3.02. The third-order valence-electron chi connectivity index (χ3n) is 1.22. The van der Waals surface area contributed by atoms with Crippen molar-refractivity contribution in [2.75, 3.05) is 0 Å². The molecule has 0 amide bonds. The number of aliphatic hydroxyl groups excluding tert-OH is 2. The molecule has 0 aromatic rings. The molecule has 0 spiro atoms. The zero-order valence-electron chi connectivity index (χ0n) is 7.35. The summed E-state index contributed by atoms with van der Waals surface area (Å²) < 4.78 is 11.6. The zero-order chi connectivity index (χ0) is 12.2. The quantitative estimate of drug-likeness (QED) is 0.295. The van der Waals surface area contributed by atoms with E-state index in [-0.39, 0.29) is 0 Å². The van der Waals surface area contributed by atoms with Crippen LogP contribution in [-0.4, -0.2) is 47.8 Å². The predicted octanol–water partition coefficient (Wildman–Crippen LogP) is -0.0717. The van der Waals surface area contributed by atoms with Crippen molar-refractivity contribution in [3.63, 3.8) is 0 Å². The zero-order valence-corrected chi connectivity index (χ0v) is 12.2. The fraction of sp³-hybridized carbons (Fsp3) is 1.00. The van der Waals surface area contributed by atoms with E-state index in [1.165, 1.54) is 0 Å². The Labute approximate surface area is 112 Å². The Morgan fingerprint density at radius 3 is 1.60 bits per heavy atom. The summed E-state index contributed by atoms with van der Waals surface area (Å²) in [7, 11) is 10.7. The summed E-state index contributed by atoms with van der Waals surface area (Å²) in [5.41, 5.74) is 0. The lowest BCUT2D eigenvalue weighted by Gasteiger charge is -2.24. The molecule has 0 heterocycles. The minimum absolute atomic E-state index is 1.04. The van der Waals surface area contributed by atoms with E-state index in [9.17, 15) is 4.57 Å². The maximum Gasteiger partial charge on any atom is 0.298 e. The molecule has 0 bridgehead atoms. The van der Waals surface area contributed by atoms with E-state index in [1.807, 2.05) is 0 Å². The monoisotopic (exact) mass is 378 g/mol. The number of rotatable bonds is 6. The van der Waals surface area contributed by atoms with Gasteiger partial charge in [-0.3, -0.25) is 4.57 Å². The van der Waals surface area contributed by atoms with E-state index >= 15 is 0 Å². The molecule has 0 saturated carbocycles. The number of halogens is 3. The molecule has 0 fully saturated rings. The molecule has 84 valence electrons. The van der Waals surface area contributed by atoms with E-state index in [4.69, 9.17) is 37.1 Å². The SMILES string of the molecule is [B]C(NP(=O)(Cl)NC([B])C(O)Br)C(O)Br. The first-order valence-electron chi connectivity index (χ1n) is 3.66. The summed E-state index contributed by atoms with van der Waals surface area (Å²) in [4.78, 5) is 0. The first kappa shape index (κ1) is 16.4. The minimum Gasteiger partial charge on any atom is -0.381 e. The van der Waals surface area contributed by atoms with Crippen LogP contribution >= 0.6 is 49.9 Å². The number of nitrogens with one attached hydrogen (secondary N) is 2. The van der Waals surface area contributed by atoms with Crippen LogP contribution in [0.2, 0.25) is 0 Å². The summed E-state index contributed by atoms with van der Waals surface area (Å²) in [6, 6.07) is 0. The number of hydrogen-bond donors (Lipinski definition) is 4.